The van der Waals surface area contributed by atoms with Gasteiger partial charge in [0, 0.05) is 39.3 Å². The van der Waals surface area contributed by atoms with Gasteiger partial charge in [0.2, 0.25) is 5.91 Å². The second kappa shape index (κ2) is 7.02. The Bertz CT molecular complexity index is 581. The molecule has 3 amide bonds. The minimum absolute atomic E-state index is 0.116. The number of anilines is 1. The van der Waals surface area contributed by atoms with E-state index in [1.807, 2.05) is 33.9 Å². The summed E-state index contributed by atoms with van der Waals surface area (Å²) in [5.74, 6) is 0.671. The molecule has 7 nitrogen and oxygen atoms in total. The number of amides is 3. The second-order valence-corrected chi connectivity index (χ2v) is 6.55. The van der Waals surface area contributed by atoms with E-state index in [1.54, 1.807) is 21.5 Å². The molecule has 1 atom stereocenters. The van der Waals surface area contributed by atoms with Gasteiger partial charge in [-0.3, -0.25) is 14.8 Å². The quantitative estimate of drug-likeness (QED) is 0.923. The van der Waals surface area contributed by atoms with Crippen molar-refractivity contribution in [3.05, 3.63) is 11.8 Å². The molecule has 7 heteroatoms. The summed E-state index contributed by atoms with van der Waals surface area (Å²) in [4.78, 5) is 28.4. The number of likely N-dealkylation sites (tertiary alicyclic amines) is 1. The lowest BCUT2D eigenvalue weighted by Crippen LogP contribution is -2.48. The maximum absolute atomic E-state index is 12.5. The number of rotatable bonds is 3. The number of aromatic nitrogens is 2. The topological polar surface area (TPSA) is 70.5 Å². The van der Waals surface area contributed by atoms with Crippen LogP contribution >= 0.6 is 0 Å². The maximum Gasteiger partial charge on any atom is 0.323 e. The van der Waals surface area contributed by atoms with Crippen LogP contribution in [0.15, 0.2) is 6.07 Å². The van der Waals surface area contributed by atoms with Crippen LogP contribution in [0, 0.1) is 12.8 Å². The van der Waals surface area contributed by atoms with Crippen LogP contribution in [0.4, 0.5) is 10.6 Å². The highest BCUT2D eigenvalue weighted by atomic mass is 16.2. The lowest BCUT2D eigenvalue weighted by atomic mass is 9.96. The van der Waals surface area contributed by atoms with E-state index in [0.29, 0.717) is 18.9 Å². The van der Waals surface area contributed by atoms with Crippen molar-refractivity contribution in [1.82, 2.24) is 19.6 Å². The van der Waals surface area contributed by atoms with Crippen molar-refractivity contribution in [3.8, 4) is 0 Å². The van der Waals surface area contributed by atoms with E-state index in [0.717, 1.165) is 18.5 Å². The largest absolute Gasteiger partial charge is 0.343 e. The molecule has 1 aliphatic heterocycles. The van der Waals surface area contributed by atoms with E-state index < -0.39 is 0 Å². The van der Waals surface area contributed by atoms with Crippen molar-refractivity contribution in [1.29, 1.82) is 0 Å². The summed E-state index contributed by atoms with van der Waals surface area (Å²) in [6.45, 7) is 7.02. The van der Waals surface area contributed by atoms with E-state index in [-0.39, 0.29) is 23.9 Å². The standard InChI is InChI=1S/C16H27N5O2/c1-11(2)19(4)15(22)13-7-6-8-21(10-13)16(23)17-14-9-12(3)18-20(14)5/h9,11,13H,6-8,10H2,1-5H3,(H,17,23)/t13-/m1/s1. The number of hydrogen-bond donors (Lipinski definition) is 1. The van der Waals surface area contributed by atoms with E-state index >= 15 is 0 Å². The van der Waals surface area contributed by atoms with Gasteiger partial charge in [0.05, 0.1) is 11.6 Å². The predicted octanol–water partition coefficient (Wildman–Crippen LogP) is 1.84. The number of carbonyl (C=O) groups excluding carboxylic acids is 2. The van der Waals surface area contributed by atoms with Crippen molar-refractivity contribution < 1.29 is 9.59 Å². The van der Waals surface area contributed by atoms with Gasteiger partial charge in [-0.25, -0.2) is 4.79 Å². The molecular formula is C16H27N5O2. The summed E-state index contributed by atoms with van der Waals surface area (Å²) >= 11 is 0. The maximum atomic E-state index is 12.5. The first-order valence-corrected chi connectivity index (χ1v) is 8.12. The molecule has 23 heavy (non-hydrogen) atoms. The molecule has 1 aromatic heterocycles. The van der Waals surface area contributed by atoms with Crippen molar-refractivity contribution in [2.45, 2.75) is 39.7 Å². The summed E-state index contributed by atoms with van der Waals surface area (Å²) in [5.41, 5.74) is 0.855. The molecule has 0 unspecified atom stereocenters. The smallest absolute Gasteiger partial charge is 0.323 e. The van der Waals surface area contributed by atoms with Gasteiger partial charge >= 0.3 is 6.03 Å². The zero-order valence-electron chi connectivity index (χ0n) is 14.7. The molecule has 1 aliphatic rings. The van der Waals surface area contributed by atoms with Crippen LogP contribution in [-0.4, -0.2) is 57.7 Å². The fourth-order valence-electron chi connectivity index (χ4n) is 2.82. The Morgan fingerprint density at radius 3 is 2.70 bits per heavy atom. The van der Waals surface area contributed by atoms with Crippen LogP contribution < -0.4 is 5.32 Å². The van der Waals surface area contributed by atoms with E-state index in [4.69, 9.17) is 0 Å². The first-order valence-electron chi connectivity index (χ1n) is 8.12. The Labute approximate surface area is 137 Å². The van der Waals surface area contributed by atoms with Crippen molar-refractivity contribution in [2.75, 3.05) is 25.5 Å². The van der Waals surface area contributed by atoms with E-state index in [1.165, 1.54) is 0 Å². The minimum Gasteiger partial charge on any atom is -0.343 e. The Kier molecular flexibility index (Phi) is 5.28. The summed E-state index contributed by atoms with van der Waals surface area (Å²) in [7, 11) is 3.62. The molecule has 1 aromatic rings. The van der Waals surface area contributed by atoms with Gasteiger partial charge in [0.15, 0.2) is 0 Å². The molecule has 2 rings (SSSR count). The number of urea groups is 1. The Hall–Kier alpha value is -2.05. The molecule has 0 aliphatic carbocycles. The highest BCUT2D eigenvalue weighted by Gasteiger charge is 2.31. The number of nitrogens with zero attached hydrogens (tertiary/aromatic N) is 4. The summed E-state index contributed by atoms with van der Waals surface area (Å²) in [6, 6.07) is 1.83. The van der Waals surface area contributed by atoms with Crippen LogP contribution in [0.1, 0.15) is 32.4 Å². The minimum atomic E-state index is -0.169. The number of hydrogen-bond acceptors (Lipinski definition) is 3. The van der Waals surface area contributed by atoms with Gasteiger partial charge in [-0.15, -0.1) is 0 Å². The van der Waals surface area contributed by atoms with Gasteiger partial charge in [-0.2, -0.15) is 5.10 Å². The third kappa shape index (κ3) is 4.03. The molecule has 1 fully saturated rings. The molecule has 0 radical (unpaired) electrons. The van der Waals surface area contributed by atoms with Crippen LogP contribution in [0.3, 0.4) is 0 Å². The van der Waals surface area contributed by atoms with Gasteiger partial charge in [0.25, 0.3) is 0 Å². The lowest BCUT2D eigenvalue weighted by Gasteiger charge is -2.35. The highest BCUT2D eigenvalue weighted by molar-refractivity contribution is 5.89. The zero-order chi connectivity index (χ0) is 17.1. The van der Waals surface area contributed by atoms with Gasteiger partial charge in [0.1, 0.15) is 5.82 Å². The second-order valence-electron chi connectivity index (χ2n) is 6.55. The molecule has 0 aromatic carbocycles. The highest BCUT2D eigenvalue weighted by Crippen LogP contribution is 2.20. The SMILES string of the molecule is Cc1cc(NC(=O)N2CCC[C@@H](C(=O)N(C)C(C)C)C2)n(C)n1. The third-order valence-corrected chi connectivity index (χ3v) is 4.42. The Morgan fingerprint density at radius 2 is 2.13 bits per heavy atom. The van der Waals surface area contributed by atoms with Crippen molar-refractivity contribution >= 4 is 17.8 Å². The number of nitrogens with one attached hydrogen (secondary N) is 1. The van der Waals surface area contributed by atoms with Gasteiger partial charge in [-0.05, 0) is 33.6 Å². The van der Waals surface area contributed by atoms with Crippen LogP contribution in [0.2, 0.25) is 0 Å². The Balaban J connectivity index is 1.99. The third-order valence-electron chi connectivity index (χ3n) is 4.42. The zero-order valence-corrected chi connectivity index (χ0v) is 14.7. The number of carbonyl (C=O) groups is 2. The van der Waals surface area contributed by atoms with E-state index in [9.17, 15) is 9.59 Å². The van der Waals surface area contributed by atoms with Crippen LogP contribution in [-0.2, 0) is 11.8 Å². The normalized spacial score (nSPS) is 18.2. The van der Waals surface area contributed by atoms with Crippen LogP contribution in [0.25, 0.3) is 0 Å². The molecule has 0 bridgehead atoms. The first-order chi connectivity index (χ1) is 10.8. The molecule has 2 heterocycles. The molecule has 1 N–H and O–H groups in total. The lowest BCUT2D eigenvalue weighted by molar-refractivity contribution is -0.137. The fraction of sp³-hybridized carbons (Fsp3) is 0.688. The molecule has 1 saturated heterocycles. The summed E-state index contributed by atoms with van der Waals surface area (Å²) in [6.07, 6.45) is 1.69. The molecule has 128 valence electrons. The van der Waals surface area contributed by atoms with Crippen molar-refractivity contribution in [2.24, 2.45) is 13.0 Å². The average molecular weight is 321 g/mol. The first kappa shape index (κ1) is 17.3. The molecule has 0 spiro atoms. The molecular weight excluding hydrogens is 294 g/mol. The van der Waals surface area contributed by atoms with Gasteiger partial charge < -0.3 is 9.80 Å². The summed E-state index contributed by atoms with van der Waals surface area (Å²) in [5, 5.41) is 7.09. The summed E-state index contributed by atoms with van der Waals surface area (Å²) < 4.78 is 1.65. The van der Waals surface area contributed by atoms with Gasteiger partial charge in [-0.1, -0.05) is 0 Å². The van der Waals surface area contributed by atoms with Crippen LogP contribution in [0.5, 0.6) is 0 Å². The molecule has 0 saturated carbocycles. The van der Waals surface area contributed by atoms with E-state index in [2.05, 4.69) is 10.4 Å². The predicted molar refractivity (Wildman–Crippen MR) is 89.2 cm³/mol. The van der Waals surface area contributed by atoms with Crippen molar-refractivity contribution in [3.63, 3.8) is 0 Å². The Morgan fingerprint density at radius 1 is 1.43 bits per heavy atom. The fourth-order valence-corrected chi connectivity index (χ4v) is 2.82. The monoisotopic (exact) mass is 321 g/mol. The number of piperidine rings is 1. The average Bonchev–Trinajstić information content (AvgIpc) is 2.83. The number of aryl methyl sites for hydroxylation is 2.